The summed E-state index contributed by atoms with van der Waals surface area (Å²) in [7, 11) is 0. The fraction of sp³-hybridized carbons (Fsp3) is 0.125. The molecule has 0 aliphatic carbocycles. The van der Waals surface area contributed by atoms with E-state index in [2.05, 4.69) is 20.4 Å². The predicted octanol–water partition coefficient (Wildman–Crippen LogP) is 3.57. The number of ether oxygens (including phenoxy) is 1. The van der Waals surface area contributed by atoms with E-state index in [-0.39, 0.29) is 42.2 Å². The summed E-state index contributed by atoms with van der Waals surface area (Å²) in [5.41, 5.74) is 6.17. The number of amides is 1. The monoisotopic (exact) mass is 480 g/mol. The van der Waals surface area contributed by atoms with Gasteiger partial charge in [0.25, 0.3) is 0 Å². The van der Waals surface area contributed by atoms with Crippen molar-refractivity contribution in [2.45, 2.75) is 6.36 Å². The van der Waals surface area contributed by atoms with Crippen molar-refractivity contribution in [2.24, 2.45) is 10.7 Å². The number of para-hydroxylation sites is 3. The van der Waals surface area contributed by atoms with E-state index in [1.165, 1.54) is 18.2 Å². The van der Waals surface area contributed by atoms with Crippen LogP contribution < -0.4 is 21.1 Å². The topological polar surface area (TPSA) is 88.7 Å². The van der Waals surface area contributed by atoms with Gasteiger partial charge in [-0.2, -0.15) is 0 Å². The van der Waals surface area contributed by atoms with Crippen LogP contribution >= 0.6 is 24.0 Å². The van der Waals surface area contributed by atoms with Crippen molar-refractivity contribution in [3.05, 3.63) is 54.6 Å². The average molecular weight is 480 g/mol. The van der Waals surface area contributed by atoms with E-state index in [1.54, 1.807) is 30.3 Å². The normalized spacial score (nSPS) is 11.3. The maximum atomic E-state index is 12.4. The molecule has 1 amide bonds. The molecule has 0 heterocycles. The summed E-state index contributed by atoms with van der Waals surface area (Å²) in [5.74, 6) is -1.10. The zero-order valence-corrected chi connectivity index (χ0v) is 15.6. The standard InChI is InChI=1S/C16H15F3N4O2.HI/c17-16(18,19)25-13-9-5-4-8-12(13)23-15(20)21-10-14(24)22-11-6-2-1-3-7-11;/h1-9H,10H2,(H,22,24)(H3,20,21,23);1H. The number of rotatable bonds is 5. The zero-order valence-electron chi connectivity index (χ0n) is 13.3. The van der Waals surface area contributed by atoms with Crippen molar-refractivity contribution in [3.8, 4) is 5.75 Å². The number of carbonyl (C=O) groups is 1. The Morgan fingerprint density at radius 1 is 1.04 bits per heavy atom. The van der Waals surface area contributed by atoms with Gasteiger partial charge in [0, 0.05) is 5.69 Å². The second-order valence-corrected chi connectivity index (χ2v) is 4.78. The molecule has 140 valence electrons. The highest BCUT2D eigenvalue weighted by atomic mass is 127. The second-order valence-electron chi connectivity index (χ2n) is 4.78. The number of carbonyl (C=O) groups excluding carboxylic acids is 1. The summed E-state index contributed by atoms with van der Waals surface area (Å²) in [6.07, 6.45) is -4.83. The van der Waals surface area contributed by atoms with Gasteiger partial charge in [0.05, 0.1) is 5.69 Å². The summed E-state index contributed by atoms with van der Waals surface area (Å²) < 4.78 is 41.0. The molecule has 10 heteroatoms. The number of aliphatic imine (C=N–C) groups is 1. The van der Waals surface area contributed by atoms with Crippen molar-refractivity contribution in [3.63, 3.8) is 0 Å². The number of hydrogen-bond donors (Lipinski definition) is 3. The molecular formula is C16H16F3IN4O2. The Balaban J connectivity index is 0.00000338. The summed E-state index contributed by atoms with van der Waals surface area (Å²) in [5, 5.41) is 5.08. The van der Waals surface area contributed by atoms with Crippen LogP contribution in [-0.4, -0.2) is 24.8 Å². The van der Waals surface area contributed by atoms with E-state index in [9.17, 15) is 18.0 Å². The minimum atomic E-state index is -4.83. The molecular weight excluding hydrogens is 464 g/mol. The minimum absolute atomic E-state index is 0. The number of nitrogens with zero attached hydrogens (tertiary/aromatic N) is 1. The fourth-order valence-electron chi connectivity index (χ4n) is 1.84. The summed E-state index contributed by atoms with van der Waals surface area (Å²) >= 11 is 0. The predicted molar refractivity (Wildman–Crippen MR) is 104 cm³/mol. The Morgan fingerprint density at radius 2 is 1.65 bits per heavy atom. The molecule has 0 aliphatic rings. The smallest absolute Gasteiger partial charge is 0.404 e. The molecule has 2 aromatic carbocycles. The fourth-order valence-corrected chi connectivity index (χ4v) is 1.84. The Labute approximate surface area is 164 Å². The number of nitrogens with two attached hydrogens (primary N) is 1. The number of guanidine groups is 1. The molecule has 4 N–H and O–H groups in total. The number of halogens is 4. The first-order chi connectivity index (χ1) is 11.8. The average Bonchev–Trinajstić information content (AvgIpc) is 2.54. The van der Waals surface area contributed by atoms with E-state index in [0.717, 1.165) is 6.07 Å². The van der Waals surface area contributed by atoms with Crippen molar-refractivity contribution < 1.29 is 22.7 Å². The van der Waals surface area contributed by atoms with Gasteiger partial charge in [0.15, 0.2) is 11.7 Å². The SMILES string of the molecule is I.NC(=NCC(=O)Nc1ccccc1)Nc1ccccc1OC(F)(F)F. The molecule has 26 heavy (non-hydrogen) atoms. The van der Waals surface area contributed by atoms with Crippen LogP contribution in [-0.2, 0) is 4.79 Å². The highest BCUT2D eigenvalue weighted by Crippen LogP contribution is 2.29. The molecule has 0 bridgehead atoms. The minimum Gasteiger partial charge on any atom is -0.404 e. The molecule has 2 aromatic rings. The zero-order chi connectivity index (χ0) is 18.3. The molecule has 0 saturated carbocycles. The summed E-state index contributed by atoms with van der Waals surface area (Å²) in [6.45, 7) is -0.296. The second kappa shape index (κ2) is 9.85. The molecule has 0 aromatic heterocycles. The first-order valence-corrected chi connectivity index (χ1v) is 7.10. The van der Waals surface area contributed by atoms with Gasteiger partial charge in [-0.05, 0) is 24.3 Å². The van der Waals surface area contributed by atoms with Crippen molar-refractivity contribution in [1.29, 1.82) is 0 Å². The van der Waals surface area contributed by atoms with Gasteiger partial charge in [0.2, 0.25) is 5.91 Å². The largest absolute Gasteiger partial charge is 0.573 e. The third-order valence-electron chi connectivity index (χ3n) is 2.83. The van der Waals surface area contributed by atoms with Crippen LogP contribution in [0, 0.1) is 0 Å². The van der Waals surface area contributed by atoms with Crippen molar-refractivity contribution >= 4 is 47.2 Å². The van der Waals surface area contributed by atoms with Gasteiger partial charge >= 0.3 is 6.36 Å². The molecule has 0 fully saturated rings. The van der Waals surface area contributed by atoms with Gasteiger partial charge in [-0.15, -0.1) is 37.1 Å². The lowest BCUT2D eigenvalue weighted by molar-refractivity contribution is -0.274. The summed E-state index contributed by atoms with van der Waals surface area (Å²) in [6, 6.07) is 14.1. The quantitative estimate of drug-likeness (QED) is 0.347. The van der Waals surface area contributed by atoms with Crippen LogP contribution in [0.3, 0.4) is 0 Å². The molecule has 0 radical (unpaired) electrons. The lowest BCUT2D eigenvalue weighted by Crippen LogP contribution is -2.26. The van der Waals surface area contributed by atoms with Crippen LogP contribution in [0.5, 0.6) is 5.75 Å². The van der Waals surface area contributed by atoms with Crippen LogP contribution in [0.2, 0.25) is 0 Å². The number of anilines is 2. The van der Waals surface area contributed by atoms with E-state index < -0.39 is 18.0 Å². The van der Waals surface area contributed by atoms with Crippen LogP contribution in [0.15, 0.2) is 59.6 Å². The molecule has 0 atom stereocenters. The van der Waals surface area contributed by atoms with Gasteiger partial charge < -0.3 is 21.1 Å². The molecule has 0 aliphatic heterocycles. The van der Waals surface area contributed by atoms with Gasteiger partial charge in [-0.1, -0.05) is 30.3 Å². The Kier molecular flexibility index (Phi) is 8.16. The number of alkyl halides is 3. The van der Waals surface area contributed by atoms with Gasteiger partial charge in [-0.3, -0.25) is 4.79 Å². The lowest BCUT2D eigenvalue weighted by Gasteiger charge is -2.14. The number of hydrogen-bond acceptors (Lipinski definition) is 3. The molecule has 0 saturated heterocycles. The molecule has 2 rings (SSSR count). The molecule has 6 nitrogen and oxygen atoms in total. The van der Waals surface area contributed by atoms with Gasteiger partial charge in [0.1, 0.15) is 6.54 Å². The maximum absolute atomic E-state index is 12.4. The van der Waals surface area contributed by atoms with E-state index in [0.29, 0.717) is 5.69 Å². The van der Waals surface area contributed by atoms with E-state index >= 15 is 0 Å². The molecule has 0 spiro atoms. The maximum Gasteiger partial charge on any atom is 0.573 e. The van der Waals surface area contributed by atoms with E-state index in [1.807, 2.05) is 0 Å². The molecule has 0 unspecified atom stereocenters. The number of benzene rings is 2. The Hall–Kier alpha value is -2.50. The Morgan fingerprint density at radius 3 is 2.31 bits per heavy atom. The highest BCUT2D eigenvalue weighted by molar-refractivity contribution is 14.0. The van der Waals surface area contributed by atoms with Crippen molar-refractivity contribution in [2.75, 3.05) is 17.2 Å². The van der Waals surface area contributed by atoms with E-state index in [4.69, 9.17) is 5.73 Å². The third-order valence-corrected chi connectivity index (χ3v) is 2.83. The first kappa shape index (κ1) is 21.5. The Bertz CT molecular complexity index is 755. The first-order valence-electron chi connectivity index (χ1n) is 7.10. The lowest BCUT2D eigenvalue weighted by atomic mass is 10.3. The highest BCUT2D eigenvalue weighted by Gasteiger charge is 2.32. The van der Waals surface area contributed by atoms with Crippen molar-refractivity contribution in [1.82, 2.24) is 0 Å². The summed E-state index contributed by atoms with van der Waals surface area (Å²) in [4.78, 5) is 15.5. The van der Waals surface area contributed by atoms with Crippen LogP contribution in [0.25, 0.3) is 0 Å². The van der Waals surface area contributed by atoms with Crippen LogP contribution in [0.4, 0.5) is 24.5 Å². The van der Waals surface area contributed by atoms with Crippen LogP contribution in [0.1, 0.15) is 0 Å². The number of nitrogens with one attached hydrogen (secondary N) is 2. The van der Waals surface area contributed by atoms with Gasteiger partial charge in [-0.25, -0.2) is 4.99 Å². The third kappa shape index (κ3) is 7.59.